The average molecular weight is 373 g/mol. The normalized spacial score (nSPS) is 11.1. The zero-order chi connectivity index (χ0) is 17.7. The molecule has 1 amide bonds. The molecule has 2 aromatic rings. The Morgan fingerprint density at radius 2 is 2.04 bits per heavy atom. The van der Waals surface area contributed by atoms with E-state index in [0.29, 0.717) is 5.76 Å². The van der Waals surface area contributed by atoms with Crippen LogP contribution in [-0.4, -0.2) is 26.9 Å². The molecule has 0 aliphatic carbocycles. The van der Waals surface area contributed by atoms with Gasteiger partial charge in [0.05, 0.1) is 28.3 Å². The molecule has 0 aliphatic rings. The van der Waals surface area contributed by atoms with Gasteiger partial charge >= 0.3 is 5.97 Å². The summed E-state index contributed by atoms with van der Waals surface area (Å²) >= 11 is 5.84. The van der Waals surface area contributed by atoms with Gasteiger partial charge < -0.3 is 14.5 Å². The van der Waals surface area contributed by atoms with E-state index in [1.54, 1.807) is 12.1 Å². The molecule has 0 fully saturated rings. The highest BCUT2D eigenvalue weighted by Crippen LogP contribution is 2.20. The van der Waals surface area contributed by atoms with Gasteiger partial charge in [0.15, 0.2) is 6.61 Å². The molecule has 2 rings (SSSR count). The molecule has 0 unspecified atom stereocenters. The number of hydrogen-bond acceptors (Lipinski definition) is 6. The molecule has 0 saturated heterocycles. The highest BCUT2D eigenvalue weighted by molar-refractivity contribution is 7.89. The van der Waals surface area contributed by atoms with Gasteiger partial charge in [-0.05, 0) is 30.3 Å². The van der Waals surface area contributed by atoms with Gasteiger partial charge in [0, 0.05) is 0 Å². The van der Waals surface area contributed by atoms with Crippen molar-refractivity contribution < 1.29 is 27.2 Å². The van der Waals surface area contributed by atoms with Crippen LogP contribution >= 0.6 is 11.6 Å². The zero-order valence-electron chi connectivity index (χ0n) is 12.2. The summed E-state index contributed by atoms with van der Waals surface area (Å²) in [5, 5.41) is 7.45. The largest absolute Gasteiger partial charge is 0.467 e. The Balaban J connectivity index is 1.96. The fourth-order valence-electron chi connectivity index (χ4n) is 1.70. The van der Waals surface area contributed by atoms with Crippen LogP contribution in [0.4, 0.5) is 0 Å². The van der Waals surface area contributed by atoms with Crippen LogP contribution in [0.5, 0.6) is 0 Å². The Hall–Kier alpha value is -2.36. The van der Waals surface area contributed by atoms with E-state index >= 15 is 0 Å². The first kappa shape index (κ1) is 18.0. The molecule has 1 heterocycles. The van der Waals surface area contributed by atoms with Gasteiger partial charge in [-0.2, -0.15) is 0 Å². The number of nitrogens with one attached hydrogen (secondary N) is 1. The molecule has 8 nitrogen and oxygen atoms in total. The van der Waals surface area contributed by atoms with E-state index in [4.69, 9.17) is 25.9 Å². The number of amides is 1. The van der Waals surface area contributed by atoms with Crippen molar-refractivity contribution >= 4 is 33.5 Å². The standard InChI is InChI=1S/C14H13ClN2O6S/c15-12-4-3-10(24(16,20)21)6-11(12)14(19)23-8-13(18)17-7-9-2-1-5-22-9/h1-6H,7-8H2,(H,17,18)(H2,16,20,21). The first-order chi connectivity index (χ1) is 11.3. The first-order valence-electron chi connectivity index (χ1n) is 6.56. The molecule has 1 aromatic heterocycles. The summed E-state index contributed by atoms with van der Waals surface area (Å²) in [5.74, 6) is -0.962. The highest BCUT2D eigenvalue weighted by Gasteiger charge is 2.18. The molecule has 0 radical (unpaired) electrons. The third-order valence-corrected chi connectivity index (χ3v) is 4.10. The molecule has 1 aromatic carbocycles. The van der Waals surface area contributed by atoms with Crippen molar-refractivity contribution in [2.24, 2.45) is 5.14 Å². The lowest BCUT2D eigenvalue weighted by atomic mass is 10.2. The maximum Gasteiger partial charge on any atom is 0.340 e. The minimum atomic E-state index is -4.00. The van der Waals surface area contributed by atoms with Gasteiger partial charge in [0.25, 0.3) is 5.91 Å². The number of carbonyl (C=O) groups excluding carboxylic acids is 2. The molecule has 0 atom stereocenters. The van der Waals surface area contributed by atoms with Crippen molar-refractivity contribution in [1.82, 2.24) is 5.32 Å². The molecule has 24 heavy (non-hydrogen) atoms. The topological polar surface area (TPSA) is 129 Å². The maximum atomic E-state index is 11.9. The number of rotatable bonds is 6. The number of carbonyl (C=O) groups is 2. The van der Waals surface area contributed by atoms with Gasteiger partial charge in [-0.1, -0.05) is 11.6 Å². The van der Waals surface area contributed by atoms with Gasteiger partial charge in [-0.25, -0.2) is 18.4 Å². The second-order valence-corrected chi connectivity index (χ2v) is 6.59. The van der Waals surface area contributed by atoms with Crippen molar-refractivity contribution in [1.29, 1.82) is 0 Å². The molecular weight excluding hydrogens is 360 g/mol. The lowest BCUT2D eigenvalue weighted by Crippen LogP contribution is -2.28. The molecular formula is C14H13ClN2O6S. The predicted octanol–water partition coefficient (Wildman–Crippen LogP) is 1.05. The van der Waals surface area contributed by atoms with E-state index in [9.17, 15) is 18.0 Å². The number of primary sulfonamides is 1. The van der Waals surface area contributed by atoms with Crippen molar-refractivity contribution in [2.45, 2.75) is 11.4 Å². The van der Waals surface area contributed by atoms with E-state index in [1.165, 1.54) is 12.3 Å². The Morgan fingerprint density at radius 1 is 1.29 bits per heavy atom. The lowest BCUT2D eigenvalue weighted by Gasteiger charge is -2.08. The Morgan fingerprint density at radius 3 is 2.67 bits per heavy atom. The van der Waals surface area contributed by atoms with Gasteiger partial charge in [0.1, 0.15) is 5.76 Å². The molecule has 0 aliphatic heterocycles. The van der Waals surface area contributed by atoms with E-state index in [0.717, 1.165) is 12.1 Å². The number of benzene rings is 1. The van der Waals surface area contributed by atoms with Crippen LogP contribution in [-0.2, 0) is 26.1 Å². The number of esters is 1. The Bertz CT molecular complexity index is 848. The number of furan rings is 1. The minimum Gasteiger partial charge on any atom is -0.467 e. The van der Waals surface area contributed by atoms with Gasteiger partial charge in [-0.15, -0.1) is 0 Å². The van der Waals surface area contributed by atoms with Crippen LogP contribution in [0.15, 0.2) is 45.9 Å². The van der Waals surface area contributed by atoms with Crippen LogP contribution < -0.4 is 10.5 Å². The van der Waals surface area contributed by atoms with Gasteiger partial charge in [0.2, 0.25) is 10.0 Å². The maximum absolute atomic E-state index is 11.9. The van der Waals surface area contributed by atoms with Crippen LogP contribution in [0, 0.1) is 0 Å². The summed E-state index contributed by atoms with van der Waals surface area (Å²) < 4.78 is 32.4. The summed E-state index contributed by atoms with van der Waals surface area (Å²) in [6, 6.07) is 6.69. The zero-order valence-corrected chi connectivity index (χ0v) is 13.8. The van der Waals surface area contributed by atoms with Crippen LogP contribution in [0.25, 0.3) is 0 Å². The number of ether oxygens (including phenoxy) is 1. The van der Waals surface area contributed by atoms with E-state index in [-0.39, 0.29) is 22.0 Å². The molecule has 10 heteroatoms. The van der Waals surface area contributed by atoms with Crippen LogP contribution in [0.3, 0.4) is 0 Å². The summed E-state index contributed by atoms with van der Waals surface area (Å²) in [4.78, 5) is 23.3. The van der Waals surface area contributed by atoms with Gasteiger partial charge in [-0.3, -0.25) is 4.79 Å². The smallest absolute Gasteiger partial charge is 0.340 e. The fourth-order valence-corrected chi connectivity index (χ4v) is 2.43. The van der Waals surface area contributed by atoms with Crippen molar-refractivity contribution in [3.8, 4) is 0 Å². The minimum absolute atomic E-state index is 0.0246. The van der Waals surface area contributed by atoms with Crippen LogP contribution in [0.2, 0.25) is 5.02 Å². The Labute approximate surface area is 142 Å². The lowest BCUT2D eigenvalue weighted by molar-refractivity contribution is -0.124. The van der Waals surface area contributed by atoms with E-state index in [2.05, 4.69) is 5.32 Å². The number of halogens is 1. The van der Waals surface area contributed by atoms with E-state index < -0.39 is 28.5 Å². The van der Waals surface area contributed by atoms with Crippen molar-refractivity contribution in [3.05, 3.63) is 52.9 Å². The quantitative estimate of drug-likeness (QED) is 0.729. The molecule has 128 valence electrons. The summed E-state index contributed by atoms with van der Waals surface area (Å²) in [7, 11) is -4.00. The van der Waals surface area contributed by atoms with Crippen LogP contribution in [0.1, 0.15) is 16.1 Å². The Kier molecular flexibility index (Phi) is 5.60. The first-order valence-corrected chi connectivity index (χ1v) is 8.48. The third kappa shape index (κ3) is 4.82. The molecule has 0 bridgehead atoms. The second-order valence-electron chi connectivity index (χ2n) is 4.62. The number of nitrogens with two attached hydrogens (primary N) is 1. The average Bonchev–Trinajstić information content (AvgIpc) is 3.03. The molecule has 0 spiro atoms. The predicted molar refractivity (Wildman–Crippen MR) is 83.7 cm³/mol. The SMILES string of the molecule is NS(=O)(=O)c1ccc(Cl)c(C(=O)OCC(=O)NCc2ccco2)c1. The molecule has 3 N–H and O–H groups in total. The summed E-state index contributed by atoms with van der Waals surface area (Å²) in [5.41, 5.74) is -0.206. The summed E-state index contributed by atoms with van der Waals surface area (Å²) in [6.45, 7) is -0.416. The van der Waals surface area contributed by atoms with E-state index in [1.807, 2.05) is 0 Å². The van der Waals surface area contributed by atoms with Crippen molar-refractivity contribution in [2.75, 3.05) is 6.61 Å². The third-order valence-electron chi connectivity index (χ3n) is 2.86. The highest BCUT2D eigenvalue weighted by atomic mass is 35.5. The monoisotopic (exact) mass is 372 g/mol. The fraction of sp³-hybridized carbons (Fsp3) is 0.143. The van der Waals surface area contributed by atoms with Crippen molar-refractivity contribution in [3.63, 3.8) is 0 Å². The summed E-state index contributed by atoms with van der Waals surface area (Å²) in [6.07, 6.45) is 1.46. The number of hydrogen-bond donors (Lipinski definition) is 2. The number of sulfonamides is 1. The second kappa shape index (κ2) is 7.47. The molecule has 0 saturated carbocycles.